The summed E-state index contributed by atoms with van der Waals surface area (Å²) in [5.41, 5.74) is 0. The van der Waals surface area contributed by atoms with E-state index in [1.807, 2.05) is 13.8 Å². The fourth-order valence-corrected chi connectivity index (χ4v) is 2.07. The Labute approximate surface area is 95.3 Å². The molecule has 0 aromatic carbocycles. The first-order valence-electron chi connectivity index (χ1n) is 5.42. The third kappa shape index (κ3) is 2.55. The molecule has 0 aromatic heterocycles. The second kappa shape index (κ2) is 5.33. The highest BCUT2D eigenvalue weighted by Gasteiger charge is 2.33. The number of nitrogens with zero attached hydrogens (tertiary/aromatic N) is 3. The zero-order chi connectivity index (χ0) is 12.3. The van der Waals surface area contributed by atoms with Crippen molar-refractivity contribution in [2.75, 3.05) is 13.1 Å². The molecule has 0 saturated carbocycles. The molecule has 0 amide bonds. The van der Waals surface area contributed by atoms with E-state index in [1.165, 1.54) is 5.01 Å². The maximum atomic E-state index is 9.39. The Bertz CT molecular complexity index is 248. The maximum Gasteiger partial charge on any atom is 0.233 e. The molecule has 7 nitrogen and oxygen atoms in total. The van der Waals surface area contributed by atoms with Crippen molar-refractivity contribution in [2.24, 2.45) is 22.7 Å². The molecule has 6 N–H and O–H groups in total. The Hall–Kier alpha value is -1.05. The molecule has 0 radical (unpaired) electrons. The normalized spacial score (nSPS) is 22.3. The smallest absolute Gasteiger partial charge is 0.233 e. The van der Waals surface area contributed by atoms with Crippen molar-refractivity contribution >= 4 is 5.96 Å². The van der Waals surface area contributed by atoms with Gasteiger partial charge in [-0.05, 0) is 12.3 Å². The van der Waals surface area contributed by atoms with Crippen LogP contribution in [0.25, 0.3) is 0 Å². The van der Waals surface area contributed by atoms with Gasteiger partial charge in [-0.3, -0.25) is 5.01 Å². The van der Waals surface area contributed by atoms with Crippen molar-refractivity contribution in [1.82, 2.24) is 9.91 Å². The predicted molar refractivity (Wildman–Crippen MR) is 60.7 cm³/mol. The molecule has 0 spiro atoms. The Morgan fingerprint density at radius 1 is 1.31 bits per heavy atom. The van der Waals surface area contributed by atoms with E-state index in [1.54, 1.807) is 4.90 Å². The molecule has 1 saturated heterocycles. The summed E-state index contributed by atoms with van der Waals surface area (Å²) in [6.45, 7) is 5.16. The third-order valence-electron chi connectivity index (χ3n) is 2.78. The van der Waals surface area contributed by atoms with Gasteiger partial charge in [-0.1, -0.05) is 13.8 Å². The zero-order valence-corrected chi connectivity index (χ0v) is 9.74. The van der Waals surface area contributed by atoms with E-state index >= 15 is 0 Å². The Morgan fingerprint density at radius 2 is 1.94 bits per heavy atom. The summed E-state index contributed by atoms with van der Waals surface area (Å²) in [7, 11) is 0. The number of rotatable bonds is 3. The minimum absolute atomic E-state index is 0.0586. The van der Waals surface area contributed by atoms with Gasteiger partial charge in [0.2, 0.25) is 5.96 Å². The zero-order valence-electron chi connectivity index (χ0n) is 9.74. The van der Waals surface area contributed by atoms with Crippen LogP contribution in [0.2, 0.25) is 0 Å². The summed E-state index contributed by atoms with van der Waals surface area (Å²) >= 11 is 0. The van der Waals surface area contributed by atoms with Gasteiger partial charge in [-0.15, -0.1) is 5.10 Å². The molecule has 1 fully saturated rings. The Kier molecular flexibility index (Phi) is 4.34. The molecule has 1 rings (SSSR count). The van der Waals surface area contributed by atoms with Crippen molar-refractivity contribution in [3.05, 3.63) is 0 Å². The summed E-state index contributed by atoms with van der Waals surface area (Å²) in [5, 5.41) is 23.8. The molecule has 0 aliphatic carbocycles. The summed E-state index contributed by atoms with van der Waals surface area (Å²) in [6.07, 6.45) is -0.603. The molecule has 0 bridgehead atoms. The van der Waals surface area contributed by atoms with Crippen molar-refractivity contribution in [1.29, 1.82) is 0 Å². The number of hydrazine groups is 1. The largest absolute Gasteiger partial charge is 0.366 e. The predicted octanol–water partition coefficient (Wildman–Crippen LogP) is -1.57. The van der Waals surface area contributed by atoms with Gasteiger partial charge in [0, 0.05) is 13.1 Å². The molecule has 1 aliphatic rings. The summed E-state index contributed by atoms with van der Waals surface area (Å²) in [6, 6.07) is -0.450. The second-order valence-corrected chi connectivity index (χ2v) is 4.32. The fourth-order valence-electron chi connectivity index (χ4n) is 2.07. The highest BCUT2D eigenvalue weighted by atomic mass is 16.5. The van der Waals surface area contributed by atoms with E-state index in [2.05, 4.69) is 5.10 Å². The van der Waals surface area contributed by atoms with Gasteiger partial charge in [0.15, 0.2) is 6.29 Å². The summed E-state index contributed by atoms with van der Waals surface area (Å²) in [4.78, 5) is 1.75. The number of hydrogen-bond donors (Lipinski definition) is 4. The monoisotopic (exact) mass is 231 g/mol. The van der Waals surface area contributed by atoms with E-state index in [4.69, 9.17) is 11.7 Å². The molecule has 16 heavy (non-hydrogen) atoms. The molecular formula is C9H21N5O2. The lowest BCUT2D eigenvalue weighted by Crippen LogP contribution is -2.60. The van der Waals surface area contributed by atoms with Crippen molar-refractivity contribution < 1.29 is 10.2 Å². The van der Waals surface area contributed by atoms with Crippen LogP contribution in [-0.4, -0.2) is 51.5 Å². The van der Waals surface area contributed by atoms with Gasteiger partial charge < -0.3 is 21.0 Å². The van der Waals surface area contributed by atoms with E-state index in [9.17, 15) is 10.2 Å². The maximum absolute atomic E-state index is 9.39. The van der Waals surface area contributed by atoms with Crippen molar-refractivity contribution in [2.45, 2.75) is 32.6 Å². The van der Waals surface area contributed by atoms with Gasteiger partial charge in [0.1, 0.15) is 0 Å². The molecule has 94 valence electrons. The topological polar surface area (TPSA) is 111 Å². The molecular weight excluding hydrogens is 210 g/mol. The first-order chi connectivity index (χ1) is 7.49. The average molecular weight is 231 g/mol. The number of aliphatic hydroxyl groups excluding tert-OH is 1. The van der Waals surface area contributed by atoms with Gasteiger partial charge in [-0.25, -0.2) is 5.84 Å². The summed E-state index contributed by atoms with van der Waals surface area (Å²) in [5.74, 6) is 11.5. The van der Waals surface area contributed by atoms with Crippen LogP contribution in [0.3, 0.4) is 0 Å². The van der Waals surface area contributed by atoms with Crippen LogP contribution in [0, 0.1) is 5.92 Å². The lowest BCUT2D eigenvalue weighted by atomic mass is 10.0. The summed E-state index contributed by atoms with van der Waals surface area (Å²) < 4.78 is 0. The second-order valence-electron chi connectivity index (χ2n) is 4.32. The van der Waals surface area contributed by atoms with Gasteiger partial charge in [0.05, 0.1) is 6.04 Å². The Balaban J connectivity index is 2.90. The van der Waals surface area contributed by atoms with Crippen LogP contribution in [0.1, 0.15) is 20.3 Å². The van der Waals surface area contributed by atoms with Crippen LogP contribution in [0.4, 0.5) is 0 Å². The van der Waals surface area contributed by atoms with Crippen LogP contribution in [-0.2, 0) is 0 Å². The van der Waals surface area contributed by atoms with Gasteiger partial charge >= 0.3 is 0 Å². The third-order valence-corrected chi connectivity index (χ3v) is 2.78. The Morgan fingerprint density at radius 3 is 2.38 bits per heavy atom. The standard InChI is InChI=1S/C9H21N5O2/c1-6(2)7(8(15)16)13-4-3-5-14(11)9(13)12-10/h6-8,15-16H,3-5,10-11H2,1-2H3/b12-9-. The molecule has 1 heterocycles. The van der Waals surface area contributed by atoms with Crippen molar-refractivity contribution in [3.63, 3.8) is 0 Å². The number of hydrogen-bond acceptors (Lipinski definition) is 5. The van der Waals surface area contributed by atoms with Crippen LogP contribution >= 0.6 is 0 Å². The molecule has 0 aromatic rings. The fraction of sp³-hybridized carbons (Fsp3) is 0.889. The number of aliphatic hydroxyl groups is 2. The van der Waals surface area contributed by atoms with Crippen LogP contribution < -0.4 is 11.7 Å². The van der Waals surface area contributed by atoms with Crippen LogP contribution in [0.5, 0.6) is 0 Å². The highest BCUT2D eigenvalue weighted by Crippen LogP contribution is 2.18. The quantitative estimate of drug-likeness (QED) is 0.265. The molecule has 7 heteroatoms. The lowest BCUT2D eigenvalue weighted by Gasteiger charge is -2.42. The van der Waals surface area contributed by atoms with Crippen molar-refractivity contribution in [3.8, 4) is 0 Å². The number of guanidine groups is 1. The first kappa shape index (κ1) is 13.0. The molecule has 1 unspecified atom stereocenters. The van der Waals surface area contributed by atoms with E-state index < -0.39 is 12.3 Å². The van der Waals surface area contributed by atoms with E-state index in [-0.39, 0.29) is 5.92 Å². The lowest BCUT2D eigenvalue weighted by molar-refractivity contribution is -0.103. The molecule has 1 atom stereocenters. The first-order valence-corrected chi connectivity index (χ1v) is 5.42. The number of hydrazone groups is 1. The SMILES string of the molecule is CC(C)C(C(O)O)N1CCCN(N)/C1=N\N. The average Bonchev–Trinajstić information content (AvgIpc) is 2.16. The number of nitrogens with two attached hydrogens (primary N) is 2. The minimum Gasteiger partial charge on any atom is -0.366 e. The van der Waals surface area contributed by atoms with Gasteiger partial charge in [-0.2, -0.15) is 0 Å². The van der Waals surface area contributed by atoms with E-state index in [0.29, 0.717) is 19.0 Å². The van der Waals surface area contributed by atoms with Crippen LogP contribution in [0.15, 0.2) is 5.10 Å². The van der Waals surface area contributed by atoms with E-state index in [0.717, 1.165) is 6.42 Å². The van der Waals surface area contributed by atoms with Gasteiger partial charge in [0.25, 0.3) is 0 Å². The highest BCUT2D eigenvalue weighted by molar-refractivity contribution is 5.80. The molecule has 1 aliphatic heterocycles. The minimum atomic E-state index is -1.44.